The van der Waals surface area contributed by atoms with E-state index in [4.69, 9.17) is 4.74 Å². The lowest BCUT2D eigenvalue weighted by Crippen LogP contribution is -2.19. The van der Waals surface area contributed by atoms with Gasteiger partial charge in [0, 0.05) is 0 Å². The summed E-state index contributed by atoms with van der Waals surface area (Å²) in [6.45, 7) is 5.90. The second kappa shape index (κ2) is 4.99. The van der Waals surface area contributed by atoms with Gasteiger partial charge in [-0.15, -0.1) is 0 Å². The first kappa shape index (κ1) is 11.0. The van der Waals surface area contributed by atoms with E-state index in [9.17, 15) is 4.79 Å². The predicted octanol–water partition coefficient (Wildman–Crippen LogP) is 2.85. The molecule has 0 saturated heterocycles. The monoisotopic (exact) mass is 194 g/mol. The highest BCUT2D eigenvalue weighted by molar-refractivity contribution is 5.72. The minimum Gasteiger partial charge on any atom is -0.469 e. The largest absolute Gasteiger partial charge is 0.469 e. The van der Waals surface area contributed by atoms with Crippen LogP contribution in [-0.2, 0) is 9.53 Å². The van der Waals surface area contributed by atoms with Crippen molar-refractivity contribution in [2.75, 3.05) is 7.11 Å². The number of hydrogen-bond donors (Lipinski definition) is 0. The van der Waals surface area contributed by atoms with Gasteiger partial charge in [0.1, 0.15) is 0 Å². The third-order valence-corrected chi connectivity index (χ3v) is 2.52. The second-order valence-corrected chi connectivity index (χ2v) is 4.00. The third-order valence-electron chi connectivity index (χ3n) is 2.52. The second-order valence-electron chi connectivity index (χ2n) is 4.00. The maximum atomic E-state index is 11.3. The summed E-state index contributed by atoms with van der Waals surface area (Å²) in [6.07, 6.45) is 5.91. The number of rotatable bonds is 3. The smallest absolute Gasteiger partial charge is 0.308 e. The molecular weight excluding hydrogens is 176 g/mol. The van der Waals surface area contributed by atoms with Gasteiger partial charge in [0.05, 0.1) is 13.0 Å². The molecule has 0 saturated carbocycles. The standard InChI is InChI=1S/C12H18O2/c1-9(2)7-10-5-4-6-11(8-10)12(13)14-3/h5,11H,1,4,6-8H2,2-3H3. The normalized spacial score (nSPS) is 21.3. The van der Waals surface area contributed by atoms with Crippen molar-refractivity contribution in [1.82, 2.24) is 0 Å². The number of allylic oxidation sites excluding steroid dienone is 3. The zero-order valence-corrected chi connectivity index (χ0v) is 9.01. The van der Waals surface area contributed by atoms with Crippen LogP contribution in [-0.4, -0.2) is 13.1 Å². The van der Waals surface area contributed by atoms with Crippen molar-refractivity contribution in [1.29, 1.82) is 0 Å². The first-order chi connectivity index (χ1) is 6.63. The molecule has 0 aromatic rings. The van der Waals surface area contributed by atoms with Crippen molar-refractivity contribution < 1.29 is 9.53 Å². The van der Waals surface area contributed by atoms with Gasteiger partial charge in [0.25, 0.3) is 0 Å². The van der Waals surface area contributed by atoms with E-state index >= 15 is 0 Å². The fraction of sp³-hybridized carbons (Fsp3) is 0.583. The number of hydrogen-bond acceptors (Lipinski definition) is 2. The van der Waals surface area contributed by atoms with Crippen LogP contribution in [0, 0.1) is 5.92 Å². The fourth-order valence-corrected chi connectivity index (χ4v) is 1.89. The Morgan fingerprint density at radius 2 is 2.43 bits per heavy atom. The quantitative estimate of drug-likeness (QED) is 0.510. The van der Waals surface area contributed by atoms with Gasteiger partial charge in [-0.25, -0.2) is 0 Å². The van der Waals surface area contributed by atoms with Crippen LogP contribution in [0.5, 0.6) is 0 Å². The summed E-state index contributed by atoms with van der Waals surface area (Å²) >= 11 is 0. The molecule has 0 radical (unpaired) electrons. The van der Waals surface area contributed by atoms with Crippen molar-refractivity contribution in [2.24, 2.45) is 5.92 Å². The van der Waals surface area contributed by atoms with Gasteiger partial charge in [0.2, 0.25) is 0 Å². The van der Waals surface area contributed by atoms with Gasteiger partial charge in [0.15, 0.2) is 0 Å². The van der Waals surface area contributed by atoms with E-state index in [1.54, 1.807) is 0 Å². The maximum absolute atomic E-state index is 11.3. The molecule has 0 aliphatic heterocycles. The molecule has 2 nitrogen and oxygen atoms in total. The van der Waals surface area contributed by atoms with Gasteiger partial charge in [-0.1, -0.05) is 23.8 Å². The molecule has 78 valence electrons. The summed E-state index contributed by atoms with van der Waals surface area (Å²) in [4.78, 5) is 11.3. The van der Waals surface area contributed by atoms with Crippen molar-refractivity contribution >= 4 is 5.97 Å². The van der Waals surface area contributed by atoms with Gasteiger partial charge in [-0.3, -0.25) is 4.79 Å². The molecule has 1 atom stereocenters. The Morgan fingerprint density at radius 1 is 1.71 bits per heavy atom. The molecule has 0 bridgehead atoms. The van der Waals surface area contributed by atoms with E-state index in [-0.39, 0.29) is 11.9 Å². The van der Waals surface area contributed by atoms with E-state index in [1.807, 2.05) is 6.92 Å². The van der Waals surface area contributed by atoms with E-state index in [0.717, 1.165) is 31.3 Å². The average Bonchev–Trinajstić information content (AvgIpc) is 2.16. The van der Waals surface area contributed by atoms with Crippen LogP contribution in [0.1, 0.15) is 32.6 Å². The molecule has 1 aliphatic rings. The molecular formula is C12H18O2. The van der Waals surface area contributed by atoms with E-state index in [0.29, 0.717) is 0 Å². The zero-order valence-electron chi connectivity index (χ0n) is 9.01. The van der Waals surface area contributed by atoms with Crippen LogP contribution in [0.2, 0.25) is 0 Å². The number of esters is 1. The van der Waals surface area contributed by atoms with Crippen molar-refractivity contribution in [3.05, 3.63) is 23.8 Å². The SMILES string of the molecule is C=C(C)CC1=CCCC(C(=O)OC)C1. The first-order valence-electron chi connectivity index (χ1n) is 5.03. The molecule has 1 unspecified atom stereocenters. The topological polar surface area (TPSA) is 26.3 Å². The van der Waals surface area contributed by atoms with Gasteiger partial charge >= 0.3 is 5.97 Å². The van der Waals surface area contributed by atoms with Crippen LogP contribution in [0.3, 0.4) is 0 Å². The molecule has 0 N–H and O–H groups in total. The summed E-state index contributed by atoms with van der Waals surface area (Å²) in [5, 5.41) is 0. The van der Waals surface area contributed by atoms with Crippen LogP contribution in [0.4, 0.5) is 0 Å². The lowest BCUT2D eigenvalue weighted by molar-refractivity contribution is -0.145. The Hall–Kier alpha value is -1.05. The molecule has 1 aliphatic carbocycles. The zero-order chi connectivity index (χ0) is 10.6. The van der Waals surface area contributed by atoms with E-state index < -0.39 is 0 Å². The number of ether oxygens (including phenoxy) is 1. The van der Waals surface area contributed by atoms with Gasteiger partial charge in [-0.2, -0.15) is 0 Å². The van der Waals surface area contributed by atoms with Crippen molar-refractivity contribution in [3.63, 3.8) is 0 Å². The van der Waals surface area contributed by atoms with Crippen LogP contribution < -0.4 is 0 Å². The van der Waals surface area contributed by atoms with Crippen molar-refractivity contribution in [3.8, 4) is 0 Å². The molecule has 1 rings (SSSR count). The fourth-order valence-electron chi connectivity index (χ4n) is 1.89. The summed E-state index contributed by atoms with van der Waals surface area (Å²) in [6, 6.07) is 0. The first-order valence-corrected chi connectivity index (χ1v) is 5.03. The molecule has 2 heteroatoms. The summed E-state index contributed by atoms with van der Waals surface area (Å²) in [5.41, 5.74) is 2.49. The number of carbonyl (C=O) groups excluding carboxylic acids is 1. The number of methoxy groups -OCH3 is 1. The summed E-state index contributed by atoms with van der Waals surface area (Å²) < 4.78 is 4.75. The predicted molar refractivity (Wildman–Crippen MR) is 56.9 cm³/mol. The Labute approximate surface area is 85.6 Å². The molecule has 0 aromatic carbocycles. The van der Waals surface area contributed by atoms with Gasteiger partial charge < -0.3 is 4.74 Å². The van der Waals surface area contributed by atoms with Crippen molar-refractivity contribution in [2.45, 2.75) is 32.6 Å². The maximum Gasteiger partial charge on any atom is 0.308 e. The summed E-state index contributed by atoms with van der Waals surface area (Å²) in [7, 11) is 1.46. The molecule has 14 heavy (non-hydrogen) atoms. The van der Waals surface area contributed by atoms with Crippen LogP contribution in [0.15, 0.2) is 23.8 Å². The Kier molecular flexibility index (Phi) is 3.93. The molecule has 0 fully saturated rings. The number of carbonyl (C=O) groups is 1. The van der Waals surface area contributed by atoms with Crippen LogP contribution >= 0.6 is 0 Å². The van der Waals surface area contributed by atoms with E-state index in [1.165, 1.54) is 12.7 Å². The lowest BCUT2D eigenvalue weighted by Gasteiger charge is -2.20. The Balaban J connectivity index is 2.53. The highest BCUT2D eigenvalue weighted by atomic mass is 16.5. The highest BCUT2D eigenvalue weighted by Crippen LogP contribution is 2.28. The minimum atomic E-state index is -0.0719. The molecule has 0 spiro atoms. The molecule has 0 heterocycles. The van der Waals surface area contributed by atoms with E-state index in [2.05, 4.69) is 12.7 Å². The lowest BCUT2D eigenvalue weighted by atomic mass is 9.86. The average molecular weight is 194 g/mol. The summed E-state index contributed by atoms with van der Waals surface area (Å²) in [5.74, 6) is -0.00309. The van der Waals surface area contributed by atoms with Gasteiger partial charge in [-0.05, 0) is 32.6 Å². The Bertz CT molecular complexity index is 263. The third kappa shape index (κ3) is 3.02. The van der Waals surface area contributed by atoms with Crippen LogP contribution in [0.25, 0.3) is 0 Å². The highest BCUT2D eigenvalue weighted by Gasteiger charge is 2.22. The molecule has 0 aromatic heterocycles. The molecule has 0 amide bonds. The minimum absolute atomic E-state index is 0.0688. The Morgan fingerprint density at radius 3 is 3.00 bits per heavy atom.